The molecule has 1 atom stereocenters. The van der Waals surface area contributed by atoms with Crippen LogP contribution in [0.25, 0.3) is 0 Å². The number of carbonyl (C=O) groups excluding carboxylic acids is 1. The Kier molecular flexibility index (Phi) is 6.32. The fourth-order valence-corrected chi connectivity index (χ4v) is 3.00. The van der Waals surface area contributed by atoms with Gasteiger partial charge in [0.2, 0.25) is 0 Å². The molecule has 2 rings (SSSR count). The van der Waals surface area contributed by atoms with Gasteiger partial charge < -0.3 is 15.4 Å². The number of alkyl carbamates (subject to hydrolysis) is 1. The first-order valence-corrected chi connectivity index (χ1v) is 8.49. The quantitative estimate of drug-likeness (QED) is 0.810. The van der Waals surface area contributed by atoms with Gasteiger partial charge in [0.15, 0.2) is 11.6 Å². The fourth-order valence-electron chi connectivity index (χ4n) is 3.00. The Bertz CT molecular complexity index is 611. The smallest absolute Gasteiger partial charge is 0.407 e. The highest BCUT2D eigenvalue weighted by Gasteiger charge is 2.28. The first-order valence-electron chi connectivity index (χ1n) is 8.49. The fraction of sp³-hybridized carbons (Fsp3) is 0.611. The standard InChI is InChI=1S/C18H25F3N2O2/c1-18(2,3)25-17(24)23-16(11-4-6-22-7-5-11)9-12-8-14(20)15(21)10-13(12)19/h8,10-11,16,22H,4-7,9H2,1-3H3,(H,23,24). The zero-order chi connectivity index (χ0) is 18.6. The lowest BCUT2D eigenvalue weighted by atomic mass is 9.86. The van der Waals surface area contributed by atoms with E-state index in [1.807, 2.05) is 0 Å². The second kappa shape index (κ2) is 8.08. The van der Waals surface area contributed by atoms with Crippen LogP contribution >= 0.6 is 0 Å². The SMILES string of the molecule is CC(C)(C)OC(=O)NC(Cc1cc(F)c(F)cc1F)C1CCNCC1. The summed E-state index contributed by atoms with van der Waals surface area (Å²) in [6, 6.07) is 0.976. The highest BCUT2D eigenvalue weighted by molar-refractivity contribution is 5.68. The summed E-state index contributed by atoms with van der Waals surface area (Å²) in [5.41, 5.74) is -0.616. The normalized spacial score (nSPS) is 17.2. The zero-order valence-corrected chi connectivity index (χ0v) is 14.8. The summed E-state index contributed by atoms with van der Waals surface area (Å²) in [4.78, 5) is 12.1. The number of carbonyl (C=O) groups is 1. The molecule has 1 aliphatic rings. The maximum atomic E-state index is 14.0. The summed E-state index contributed by atoms with van der Waals surface area (Å²) in [7, 11) is 0. The van der Waals surface area contributed by atoms with Crippen molar-refractivity contribution in [2.45, 2.75) is 51.7 Å². The molecule has 0 saturated carbocycles. The van der Waals surface area contributed by atoms with Crippen molar-refractivity contribution in [3.05, 3.63) is 35.1 Å². The minimum Gasteiger partial charge on any atom is -0.444 e. The second-order valence-corrected chi connectivity index (χ2v) is 7.40. The molecule has 2 N–H and O–H groups in total. The molecule has 0 aromatic heterocycles. The molecule has 1 saturated heterocycles. The third-order valence-corrected chi connectivity index (χ3v) is 4.18. The van der Waals surface area contributed by atoms with E-state index in [2.05, 4.69) is 10.6 Å². The number of nitrogens with one attached hydrogen (secondary N) is 2. The maximum Gasteiger partial charge on any atom is 0.407 e. The Morgan fingerprint density at radius 2 is 1.80 bits per heavy atom. The van der Waals surface area contributed by atoms with Crippen molar-refractivity contribution < 1.29 is 22.7 Å². The van der Waals surface area contributed by atoms with E-state index in [9.17, 15) is 18.0 Å². The van der Waals surface area contributed by atoms with E-state index in [4.69, 9.17) is 4.74 Å². The van der Waals surface area contributed by atoms with Gasteiger partial charge in [-0.1, -0.05) is 0 Å². The van der Waals surface area contributed by atoms with Gasteiger partial charge in [-0.2, -0.15) is 0 Å². The van der Waals surface area contributed by atoms with E-state index in [1.54, 1.807) is 20.8 Å². The van der Waals surface area contributed by atoms with Crippen molar-refractivity contribution in [2.75, 3.05) is 13.1 Å². The van der Waals surface area contributed by atoms with Gasteiger partial charge in [-0.05, 0) is 70.7 Å². The molecule has 0 radical (unpaired) electrons. The van der Waals surface area contributed by atoms with Gasteiger partial charge in [0.1, 0.15) is 11.4 Å². The minimum atomic E-state index is -1.22. The van der Waals surface area contributed by atoms with Gasteiger partial charge in [-0.3, -0.25) is 0 Å². The maximum absolute atomic E-state index is 14.0. The Labute approximate surface area is 146 Å². The van der Waals surface area contributed by atoms with E-state index < -0.39 is 35.2 Å². The topological polar surface area (TPSA) is 50.4 Å². The van der Waals surface area contributed by atoms with Crippen molar-refractivity contribution in [2.24, 2.45) is 5.92 Å². The van der Waals surface area contributed by atoms with Crippen molar-refractivity contribution in [3.63, 3.8) is 0 Å². The van der Waals surface area contributed by atoms with Gasteiger partial charge in [-0.15, -0.1) is 0 Å². The zero-order valence-electron chi connectivity index (χ0n) is 14.8. The molecule has 1 aromatic carbocycles. The summed E-state index contributed by atoms with van der Waals surface area (Å²) >= 11 is 0. The lowest BCUT2D eigenvalue weighted by molar-refractivity contribution is 0.0478. The van der Waals surface area contributed by atoms with E-state index in [-0.39, 0.29) is 17.9 Å². The average Bonchev–Trinajstić information content (AvgIpc) is 2.51. The molecule has 0 bridgehead atoms. The number of rotatable bonds is 4. The number of hydrogen-bond acceptors (Lipinski definition) is 3. The van der Waals surface area contributed by atoms with Gasteiger partial charge in [0, 0.05) is 12.1 Å². The van der Waals surface area contributed by atoms with Gasteiger partial charge in [0.05, 0.1) is 0 Å². The summed E-state index contributed by atoms with van der Waals surface area (Å²) < 4.78 is 45.9. The van der Waals surface area contributed by atoms with E-state index >= 15 is 0 Å². The Balaban J connectivity index is 2.16. The van der Waals surface area contributed by atoms with E-state index in [1.165, 1.54) is 0 Å². The Morgan fingerprint density at radius 1 is 1.20 bits per heavy atom. The van der Waals surface area contributed by atoms with Crippen LogP contribution in [0.3, 0.4) is 0 Å². The molecule has 1 fully saturated rings. The van der Waals surface area contributed by atoms with Crippen molar-refractivity contribution in [1.82, 2.24) is 10.6 Å². The molecule has 0 aliphatic carbocycles. The molecule has 1 unspecified atom stereocenters. The average molecular weight is 358 g/mol. The lowest BCUT2D eigenvalue weighted by Crippen LogP contribution is -2.47. The number of amides is 1. The number of hydrogen-bond donors (Lipinski definition) is 2. The number of piperidine rings is 1. The van der Waals surface area contributed by atoms with Crippen LogP contribution in [-0.4, -0.2) is 30.8 Å². The van der Waals surface area contributed by atoms with Gasteiger partial charge in [0.25, 0.3) is 0 Å². The third kappa shape index (κ3) is 5.92. The van der Waals surface area contributed by atoms with E-state index in [0.29, 0.717) is 6.07 Å². The van der Waals surface area contributed by atoms with Crippen LogP contribution in [0.4, 0.5) is 18.0 Å². The molecule has 0 spiro atoms. The Hall–Kier alpha value is -1.76. The molecule has 140 valence electrons. The van der Waals surface area contributed by atoms with Crippen LogP contribution in [0.1, 0.15) is 39.2 Å². The van der Waals surface area contributed by atoms with Crippen molar-refractivity contribution in [1.29, 1.82) is 0 Å². The predicted molar refractivity (Wildman–Crippen MR) is 88.8 cm³/mol. The molecular weight excluding hydrogens is 333 g/mol. The largest absolute Gasteiger partial charge is 0.444 e. The van der Waals surface area contributed by atoms with Crippen LogP contribution in [0.2, 0.25) is 0 Å². The summed E-state index contributed by atoms with van der Waals surface area (Å²) in [5, 5.41) is 6.01. The molecule has 1 aliphatic heterocycles. The third-order valence-electron chi connectivity index (χ3n) is 4.18. The van der Waals surface area contributed by atoms with Crippen molar-refractivity contribution >= 4 is 6.09 Å². The lowest BCUT2D eigenvalue weighted by Gasteiger charge is -2.32. The summed E-state index contributed by atoms with van der Waals surface area (Å²) in [5.74, 6) is -3.04. The highest BCUT2D eigenvalue weighted by Crippen LogP contribution is 2.23. The number of benzene rings is 1. The van der Waals surface area contributed by atoms with Crippen LogP contribution in [0.15, 0.2) is 12.1 Å². The van der Waals surface area contributed by atoms with Gasteiger partial charge in [-0.25, -0.2) is 18.0 Å². The van der Waals surface area contributed by atoms with Crippen LogP contribution < -0.4 is 10.6 Å². The van der Waals surface area contributed by atoms with Crippen LogP contribution in [0, 0.1) is 23.4 Å². The number of halogens is 3. The van der Waals surface area contributed by atoms with Crippen LogP contribution in [-0.2, 0) is 11.2 Å². The minimum absolute atomic E-state index is 0.0403. The molecule has 1 heterocycles. The number of ether oxygens (including phenoxy) is 1. The van der Waals surface area contributed by atoms with Crippen molar-refractivity contribution in [3.8, 4) is 0 Å². The van der Waals surface area contributed by atoms with Gasteiger partial charge >= 0.3 is 6.09 Å². The summed E-state index contributed by atoms with van der Waals surface area (Å²) in [6.07, 6.45) is 1.07. The second-order valence-electron chi connectivity index (χ2n) is 7.40. The molecule has 4 nitrogen and oxygen atoms in total. The van der Waals surface area contributed by atoms with Crippen LogP contribution in [0.5, 0.6) is 0 Å². The highest BCUT2D eigenvalue weighted by atomic mass is 19.2. The van der Waals surface area contributed by atoms with E-state index in [0.717, 1.165) is 32.0 Å². The first kappa shape index (κ1) is 19.6. The molecule has 1 aromatic rings. The first-order chi connectivity index (χ1) is 11.7. The molecule has 1 amide bonds. The molecular formula is C18H25F3N2O2. The molecule has 25 heavy (non-hydrogen) atoms. The predicted octanol–water partition coefficient (Wildman–Crippen LogP) is 3.54. The molecule has 7 heteroatoms. The Morgan fingerprint density at radius 3 is 2.40 bits per heavy atom. The summed E-state index contributed by atoms with van der Waals surface area (Å²) in [6.45, 7) is 6.83. The monoisotopic (exact) mass is 358 g/mol.